The number of rotatable bonds is 5. The van der Waals surface area contributed by atoms with Crippen LogP contribution in [0.5, 0.6) is 0 Å². The van der Waals surface area contributed by atoms with Crippen molar-refractivity contribution in [2.24, 2.45) is 46.3 Å². The van der Waals surface area contributed by atoms with Crippen LogP contribution in [0.4, 0.5) is 4.39 Å². The standard InChI is InChI=1S/C27H43FO/c1-17(2)7-6-8-18(3)21-9-10-22-20-16-25(28)24-15-19(29)11-13-27(24,5)23(20)12-14-26(21,22)4/h15,17-18,20-23,25H,6-14,16H2,1-5H3/t18-,20+,21-,22+,23+,25-,26-,27-/m1/s1. The molecule has 0 amide bonds. The lowest BCUT2D eigenvalue weighted by Crippen LogP contribution is -2.53. The van der Waals surface area contributed by atoms with Crippen LogP contribution in [0.15, 0.2) is 11.6 Å². The maximum atomic E-state index is 15.4. The Bertz CT molecular complexity index is 665. The van der Waals surface area contributed by atoms with Crippen LogP contribution in [0.2, 0.25) is 0 Å². The van der Waals surface area contributed by atoms with Crippen LogP contribution >= 0.6 is 0 Å². The molecule has 2 heteroatoms. The molecule has 3 fully saturated rings. The van der Waals surface area contributed by atoms with Crippen LogP contribution in [0.25, 0.3) is 0 Å². The molecule has 0 heterocycles. The van der Waals surface area contributed by atoms with E-state index in [0.29, 0.717) is 36.0 Å². The molecule has 4 aliphatic carbocycles. The fourth-order valence-corrected chi connectivity index (χ4v) is 8.58. The fraction of sp³-hybridized carbons (Fsp3) is 0.889. The van der Waals surface area contributed by atoms with Gasteiger partial charge in [0, 0.05) is 6.42 Å². The fourth-order valence-electron chi connectivity index (χ4n) is 8.58. The minimum atomic E-state index is -0.893. The summed E-state index contributed by atoms with van der Waals surface area (Å²) in [4.78, 5) is 12.0. The number of fused-ring (bicyclic) bond motifs is 5. The zero-order valence-corrected chi connectivity index (χ0v) is 19.5. The second kappa shape index (κ2) is 7.79. The second-order valence-corrected chi connectivity index (χ2v) is 12.1. The van der Waals surface area contributed by atoms with Gasteiger partial charge in [-0.15, -0.1) is 0 Å². The van der Waals surface area contributed by atoms with Crippen molar-refractivity contribution in [1.82, 2.24) is 0 Å². The van der Waals surface area contributed by atoms with E-state index in [0.717, 1.165) is 29.7 Å². The van der Waals surface area contributed by atoms with Crippen molar-refractivity contribution < 1.29 is 9.18 Å². The van der Waals surface area contributed by atoms with E-state index >= 15 is 4.39 Å². The van der Waals surface area contributed by atoms with Crippen LogP contribution < -0.4 is 0 Å². The third-order valence-electron chi connectivity index (χ3n) is 10.1. The highest BCUT2D eigenvalue weighted by atomic mass is 19.1. The number of hydrogen-bond acceptors (Lipinski definition) is 1. The largest absolute Gasteiger partial charge is 0.295 e. The number of alkyl halides is 1. The number of hydrogen-bond donors (Lipinski definition) is 0. The summed E-state index contributed by atoms with van der Waals surface area (Å²) in [5.41, 5.74) is 1.19. The van der Waals surface area contributed by atoms with Gasteiger partial charge in [0.2, 0.25) is 0 Å². The van der Waals surface area contributed by atoms with Crippen molar-refractivity contribution >= 4 is 5.78 Å². The molecule has 29 heavy (non-hydrogen) atoms. The molecule has 0 aromatic carbocycles. The van der Waals surface area contributed by atoms with Crippen molar-refractivity contribution in [3.05, 3.63) is 11.6 Å². The van der Waals surface area contributed by atoms with Gasteiger partial charge >= 0.3 is 0 Å². The average Bonchev–Trinajstić information content (AvgIpc) is 3.00. The van der Waals surface area contributed by atoms with Crippen LogP contribution in [0.3, 0.4) is 0 Å². The quantitative estimate of drug-likeness (QED) is 0.464. The lowest BCUT2D eigenvalue weighted by molar-refractivity contribution is -0.118. The summed E-state index contributed by atoms with van der Waals surface area (Å²) in [5.74, 6) is 4.36. The maximum Gasteiger partial charge on any atom is 0.155 e. The normalized spacial score (nSPS) is 45.4. The number of allylic oxidation sites excluding steroid dienone is 1. The lowest BCUT2D eigenvalue weighted by Gasteiger charge is -2.59. The Morgan fingerprint density at radius 2 is 1.83 bits per heavy atom. The van der Waals surface area contributed by atoms with E-state index in [1.54, 1.807) is 6.08 Å². The molecule has 0 aliphatic heterocycles. The Kier molecular flexibility index (Phi) is 5.79. The summed E-state index contributed by atoms with van der Waals surface area (Å²) in [5, 5.41) is 0. The molecule has 1 nitrogen and oxygen atoms in total. The third kappa shape index (κ3) is 3.55. The Morgan fingerprint density at radius 1 is 1.07 bits per heavy atom. The molecule has 8 atom stereocenters. The summed E-state index contributed by atoms with van der Waals surface area (Å²) in [6, 6.07) is 0. The van der Waals surface area contributed by atoms with Gasteiger partial charge in [-0.1, -0.05) is 53.9 Å². The zero-order valence-electron chi connectivity index (χ0n) is 19.5. The first kappa shape index (κ1) is 21.6. The first-order valence-corrected chi connectivity index (χ1v) is 12.6. The third-order valence-corrected chi connectivity index (χ3v) is 10.1. The number of carbonyl (C=O) groups excluding carboxylic acids is 1. The van der Waals surface area contributed by atoms with Gasteiger partial charge < -0.3 is 0 Å². The van der Waals surface area contributed by atoms with E-state index < -0.39 is 6.17 Å². The number of carbonyl (C=O) groups is 1. The van der Waals surface area contributed by atoms with E-state index in [2.05, 4.69) is 34.6 Å². The summed E-state index contributed by atoms with van der Waals surface area (Å²) < 4.78 is 15.4. The Balaban J connectivity index is 1.53. The molecular weight excluding hydrogens is 359 g/mol. The van der Waals surface area contributed by atoms with Gasteiger partial charge in [-0.25, -0.2) is 4.39 Å². The van der Waals surface area contributed by atoms with Crippen molar-refractivity contribution in [2.45, 2.75) is 105 Å². The van der Waals surface area contributed by atoms with Gasteiger partial charge in [-0.2, -0.15) is 0 Å². The van der Waals surface area contributed by atoms with E-state index in [9.17, 15) is 4.79 Å². The summed E-state index contributed by atoms with van der Waals surface area (Å²) in [7, 11) is 0. The highest BCUT2D eigenvalue weighted by molar-refractivity contribution is 5.91. The molecule has 3 saturated carbocycles. The Hall–Kier alpha value is -0.660. The van der Waals surface area contributed by atoms with Crippen molar-refractivity contribution in [1.29, 1.82) is 0 Å². The molecule has 0 saturated heterocycles. The lowest BCUT2D eigenvalue weighted by atomic mass is 9.46. The van der Waals surface area contributed by atoms with E-state index in [1.807, 2.05) is 0 Å². The zero-order chi connectivity index (χ0) is 21.0. The van der Waals surface area contributed by atoms with E-state index in [-0.39, 0.29) is 11.2 Å². The summed E-state index contributed by atoms with van der Waals surface area (Å²) in [6.45, 7) is 12.0. The first-order chi connectivity index (χ1) is 13.7. The second-order valence-electron chi connectivity index (χ2n) is 12.1. The van der Waals surface area contributed by atoms with Gasteiger partial charge in [0.1, 0.15) is 6.17 Å². The molecule has 0 spiro atoms. The molecule has 0 radical (unpaired) electrons. The molecule has 0 aromatic rings. The highest BCUT2D eigenvalue weighted by Gasteiger charge is 2.61. The van der Waals surface area contributed by atoms with Crippen molar-refractivity contribution in [3.63, 3.8) is 0 Å². The summed E-state index contributed by atoms with van der Waals surface area (Å²) >= 11 is 0. The van der Waals surface area contributed by atoms with Crippen molar-refractivity contribution in [3.8, 4) is 0 Å². The van der Waals surface area contributed by atoms with Crippen LogP contribution in [-0.2, 0) is 4.79 Å². The van der Waals surface area contributed by atoms with E-state index in [4.69, 9.17) is 0 Å². The molecule has 0 N–H and O–H groups in total. The minimum Gasteiger partial charge on any atom is -0.295 e. The highest BCUT2D eigenvalue weighted by Crippen LogP contribution is 2.68. The monoisotopic (exact) mass is 402 g/mol. The van der Waals surface area contributed by atoms with Crippen LogP contribution in [0, 0.1) is 46.3 Å². The number of ketones is 1. The predicted molar refractivity (Wildman–Crippen MR) is 118 cm³/mol. The molecule has 4 rings (SSSR count). The minimum absolute atomic E-state index is 0.0709. The molecule has 0 aromatic heterocycles. The molecular formula is C27H43FO. The van der Waals surface area contributed by atoms with Crippen LogP contribution in [-0.4, -0.2) is 12.0 Å². The van der Waals surface area contributed by atoms with Gasteiger partial charge in [-0.05, 0) is 96.5 Å². The summed E-state index contributed by atoms with van der Waals surface area (Å²) in [6.07, 6.45) is 12.2. The first-order valence-electron chi connectivity index (χ1n) is 12.6. The predicted octanol–water partition coefficient (Wildman–Crippen LogP) is 7.54. The van der Waals surface area contributed by atoms with Crippen molar-refractivity contribution in [2.75, 3.05) is 0 Å². The number of halogens is 1. The van der Waals surface area contributed by atoms with E-state index in [1.165, 1.54) is 44.9 Å². The Morgan fingerprint density at radius 3 is 2.55 bits per heavy atom. The van der Waals surface area contributed by atoms with Gasteiger partial charge in [0.25, 0.3) is 0 Å². The molecule has 0 unspecified atom stereocenters. The SMILES string of the molecule is CC(C)CCC[C@@H](C)[C@H]1CC[C@H]2[C@@H]3C[C@@H](F)C4=CC(=O)CC[C@]4(C)[C@H]3CC[C@]12C. The Labute approximate surface area is 178 Å². The smallest absolute Gasteiger partial charge is 0.155 e. The van der Waals surface area contributed by atoms with Crippen LogP contribution in [0.1, 0.15) is 98.8 Å². The molecule has 0 bridgehead atoms. The topological polar surface area (TPSA) is 17.1 Å². The average molecular weight is 403 g/mol. The van der Waals surface area contributed by atoms with Gasteiger partial charge in [0.05, 0.1) is 0 Å². The maximum absolute atomic E-state index is 15.4. The molecule has 164 valence electrons. The van der Waals surface area contributed by atoms with Gasteiger partial charge in [0.15, 0.2) is 5.78 Å². The van der Waals surface area contributed by atoms with Gasteiger partial charge in [-0.3, -0.25) is 4.79 Å². The molecule has 4 aliphatic rings.